The zero-order chi connectivity index (χ0) is 17.7. The van der Waals surface area contributed by atoms with Gasteiger partial charge in [0.25, 0.3) is 10.0 Å². The maximum atomic E-state index is 12.6. The van der Waals surface area contributed by atoms with E-state index in [1.807, 2.05) is 0 Å². The number of carbonyl (C=O) groups excluding carboxylic acids is 1. The van der Waals surface area contributed by atoms with Crippen molar-refractivity contribution in [3.8, 4) is 0 Å². The number of sulfonamides is 1. The second-order valence-electron chi connectivity index (χ2n) is 6.41. The van der Waals surface area contributed by atoms with Crippen molar-refractivity contribution in [2.75, 3.05) is 39.4 Å². The third kappa shape index (κ3) is 5.64. The van der Waals surface area contributed by atoms with Crippen LogP contribution in [-0.2, 0) is 26.1 Å². The van der Waals surface area contributed by atoms with Gasteiger partial charge in [0, 0.05) is 24.4 Å². The van der Waals surface area contributed by atoms with Crippen molar-refractivity contribution in [3.05, 3.63) is 17.0 Å². The van der Waals surface area contributed by atoms with Crippen molar-refractivity contribution in [2.24, 2.45) is 5.92 Å². The fourth-order valence-corrected chi connectivity index (χ4v) is 5.93. The number of nitrogens with one attached hydrogen (secondary N) is 2. The summed E-state index contributed by atoms with van der Waals surface area (Å²) in [5.74, 6) is 0.621. The quantitative estimate of drug-likeness (QED) is 0.688. The first-order valence-corrected chi connectivity index (χ1v) is 11.0. The maximum absolute atomic E-state index is 12.6. The highest BCUT2D eigenvalue weighted by Crippen LogP contribution is 2.25. The molecule has 1 aromatic rings. The normalized spacial score (nSPS) is 21.3. The van der Waals surface area contributed by atoms with Gasteiger partial charge in [0.1, 0.15) is 4.21 Å². The summed E-state index contributed by atoms with van der Waals surface area (Å²) in [6.45, 7) is 4.08. The van der Waals surface area contributed by atoms with Gasteiger partial charge in [-0.2, -0.15) is 4.31 Å². The summed E-state index contributed by atoms with van der Waals surface area (Å²) < 4.78 is 32.1. The van der Waals surface area contributed by atoms with Gasteiger partial charge in [0.15, 0.2) is 0 Å². The minimum atomic E-state index is -3.45. The molecule has 26 heavy (non-hydrogen) atoms. The van der Waals surface area contributed by atoms with Crippen LogP contribution in [0.1, 0.15) is 24.1 Å². The van der Waals surface area contributed by atoms with E-state index in [2.05, 4.69) is 10.6 Å². The lowest BCUT2D eigenvalue weighted by molar-refractivity contribution is -0.121. The van der Waals surface area contributed by atoms with E-state index in [9.17, 15) is 13.2 Å². The molecule has 0 bridgehead atoms. The number of morpholine rings is 1. The Morgan fingerprint density at radius 1 is 1.35 bits per heavy atom. The summed E-state index contributed by atoms with van der Waals surface area (Å²) in [6, 6.07) is 3.40. The highest BCUT2D eigenvalue weighted by atomic mass is 35.5. The van der Waals surface area contributed by atoms with Gasteiger partial charge in [0.05, 0.1) is 19.8 Å². The van der Waals surface area contributed by atoms with Gasteiger partial charge in [-0.1, -0.05) is 0 Å². The minimum absolute atomic E-state index is 0. The van der Waals surface area contributed by atoms with Gasteiger partial charge >= 0.3 is 0 Å². The Morgan fingerprint density at radius 3 is 2.81 bits per heavy atom. The van der Waals surface area contributed by atoms with Crippen LogP contribution in [0.25, 0.3) is 0 Å². The molecule has 1 atom stereocenters. The zero-order valence-electron chi connectivity index (χ0n) is 14.6. The Kier molecular flexibility index (Phi) is 8.31. The summed E-state index contributed by atoms with van der Waals surface area (Å²) in [7, 11) is -3.45. The molecule has 2 aliphatic heterocycles. The smallest absolute Gasteiger partial charge is 0.252 e. The lowest BCUT2D eigenvalue weighted by Crippen LogP contribution is -2.40. The van der Waals surface area contributed by atoms with Crippen molar-refractivity contribution in [2.45, 2.75) is 30.0 Å². The molecular weight excluding hydrogens is 398 g/mol. The van der Waals surface area contributed by atoms with Crippen molar-refractivity contribution in [1.82, 2.24) is 14.9 Å². The first-order valence-electron chi connectivity index (χ1n) is 8.70. The molecule has 2 N–H and O–H groups in total. The summed E-state index contributed by atoms with van der Waals surface area (Å²) in [6.07, 6.45) is 2.57. The topological polar surface area (TPSA) is 87.7 Å². The van der Waals surface area contributed by atoms with Crippen LogP contribution >= 0.6 is 23.7 Å². The molecule has 0 aromatic carbocycles. The second kappa shape index (κ2) is 10.0. The average Bonchev–Trinajstić information content (AvgIpc) is 3.31. The molecule has 1 unspecified atom stereocenters. The van der Waals surface area contributed by atoms with E-state index < -0.39 is 10.0 Å². The summed E-state index contributed by atoms with van der Waals surface area (Å²) in [4.78, 5) is 12.8. The van der Waals surface area contributed by atoms with Crippen LogP contribution in [0.4, 0.5) is 0 Å². The highest BCUT2D eigenvalue weighted by Gasteiger charge is 2.27. The van der Waals surface area contributed by atoms with Crippen LogP contribution in [-0.4, -0.2) is 58.0 Å². The standard InChI is InChI=1S/C16H25N3O4S2.ClH/c20-15(3-1-13-5-6-17-11-13)18-12-14-2-4-16(24-14)25(21,22)19-7-9-23-10-8-19;/h2,4,13,17H,1,3,5-12H2,(H,18,20);1H. The number of carbonyl (C=O) groups is 1. The molecule has 10 heteroatoms. The molecule has 148 valence electrons. The molecule has 0 aliphatic carbocycles. The van der Waals surface area contributed by atoms with E-state index in [1.54, 1.807) is 12.1 Å². The predicted molar refractivity (Wildman–Crippen MR) is 103 cm³/mol. The fourth-order valence-electron chi connectivity index (χ4n) is 3.08. The molecule has 7 nitrogen and oxygen atoms in total. The van der Waals surface area contributed by atoms with Gasteiger partial charge in [-0.15, -0.1) is 23.7 Å². The van der Waals surface area contributed by atoms with Crippen LogP contribution in [0.2, 0.25) is 0 Å². The number of rotatable bonds is 7. The third-order valence-electron chi connectivity index (χ3n) is 4.60. The lowest BCUT2D eigenvalue weighted by Gasteiger charge is -2.25. The zero-order valence-corrected chi connectivity index (χ0v) is 17.1. The summed E-state index contributed by atoms with van der Waals surface area (Å²) in [5, 5.41) is 6.19. The van der Waals surface area contributed by atoms with E-state index in [-0.39, 0.29) is 18.3 Å². The molecule has 0 radical (unpaired) electrons. The van der Waals surface area contributed by atoms with Crippen LogP contribution in [0.15, 0.2) is 16.3 Å². The molecule has 3 heterocycles. The fraction of sp³-hybridized carbons (Fsp3) is 0.688. The molecule has 2 fully saturated rings. The third-order valence-corrected chi connectivity index (χ3v) is 8.05. The van der Waals surface area contributed by atoms with E-state index >= 15 is 0 Å². The van der Waals surface area contributed by atoms with E-state index in [0.717, 1.165) is 30.8 Å². The largest absolute Gasteiger partial charge is 0.379 e. The van der Waals surface area contributed by atoms with Gasteiger partial charge in [-0.05, 0) is 44.0 Å². The van der Waals surface area contributed by atoms with Crippen LogP contribution in [0.5, 0.6) is 0 Å². The van der Waals surface area contributed by atoms with E-state index in [1.165, 1.54) is 15.6 Å². The molecule has 1 amide bonds. The Bertz CT molecular complexity index is 683. The number of hydrogen-bond donors (Lipinski definition) is 2. The van der Waals surface area contributed by atoms with Crippen molar-refractivity contribution in [3.63, 3.8) is 0 Å². The molecule has 2 saturated heterocycles. The Labute approximate surface area is 164 Å². The van der Waals surface area contributed by atoms with Crippen molar-refractivity contribution >= 4 is 39.7 Å². The van der Waals surface area contributed by atoms with Crippen molar-refractivity contribution < 1.29 is 17.9 Å². The van der Waals surface area contributed by atoms with Gasteiger partial charge in [-0.25, -0.2) is 8.42 Å². The number of nitrogens with zero attached hydrogens (tertiary/aromatic N) is 1. The highest BCUT2D eigenvalue weighted by molar-refractivity contribution is 7.91. The molecular formula is C16H26ClN3O4S2. The minimum Gasteiger partial charge on any atom is -0.379 e. The number of ether oxygens (including phenoxy) is 1. The Hall–Kier alpha value is -0.710. The Balaban J connectivity index is 0.00000243. The van der Waals surface area contributed by atoms with Crippen LogP contribution in [0.3, 0.4) is 0 Å². The SMILES string of the molecule is Cl.O=C(CCC1CCNC1)NCc1ccc(S(=O)(=O)N2CCOCC2)s1. The first kappa shape index (κ1) is 21.6. The number of amides is 1. The monoisotopic (exact) mass is 423 g/mol. The van der Waals surface area contributed by atoms with Crippen LogP contribution in [0, 0.1) is 5.92 Å². The number of halogens is 1. The van der Waals surface area contributed by atoms with E-state index in [4.69, 9.17) is 4.74 Å². The second-order valence-corrected chi connectivity index (χ2v) is 9.74. The van der Waals surface area contributed by atoms with E-state index in [0.29, 0.717) is 49.4 Å². The van der Waals surface area contributed by atoms with Gasteiger partial charge < -0.3 is 15.4 Å². The maximum Gasteiger partial charge on any atom is 0.252 e. The summed E-state index contributed by atoms with van der Waals surface area (Å²) in [5.41, 5.74) is 0. The Morgan fingerprint density at radius 2 is 2.12 bits per heavy atom. The molecule has 0 spiro atoms. The van der Waals surface area contributed by atoms with Crippen LogP contribution < -0.4 is 10.6 Å². The first-order chi connectivity index (χ1) is 12.1. The number of thiophene rings is 1. The lowest BCUT2D eigenvalue weighted by atomic mass is 10.0. The van der Waals surface area contributed by atoms with Gasteiger partial charge in [-0.3, -0.25) is 4.79 Å². The number of hydrogen-bond acceptors (Lipinski definition) is 6. The molecule has 3 rings (SSSR count). The average molecular weight is 424 g/mol. The van der Waals surface area contributed by atoms with Crippen molar-refractivity contribution in [1.29, 1.82) is 0 Å². The summed E-state index contributed by atoms with van der Waals surface area (Å²) >= 11 is 1.22. The van der Waals surface area contributed by atoms with Gasteiger partial charge in [0.2, 0.25) is 5.91 Å². The molecule has 0 saturated carbocycles. The molecule has 2 aliphatic rings. The molecule has 1 aromatic heterocycles. The predicted octanol–water partition coefficient (Wildman–Crippen LogP) is 1.20.